The first-order chi connectivity index (χ1) is 9.10. The maximum absolute atomic E-state index is 6.20. The normalized spacial score (nSPS) is 10.7. The molecular weight excluding hydrogens is 369 g/mol. The van der Waals surface area contributed by atoms with E-state index in [1.54, 1.807) is 17.4 Å². The van der Waals surface area contributed by atoms with Gasteiger partial charge in [0.15, 0.2) is 0 Å². The van der Waals surface area contributed by atoms with E-state index in [1.807, 2.05) is 24.6 Å². The van der Waals surface area contributed by atoms with Gasteiger partial charge in [-0.15, -0.1) is 11.3 Å². The van der Waals surface area contributed by atoms with Crippen molar-refractivity contribution in [2.45, 2.75) is 13.2 Å². The Kier molecular flexibility index (Phi) is 5.54. The van der Waals surface area contributed by atoms with Gasteiger partial charge in [-0.3, -0.25) is 0 Å². The van der Waals surface area contributed by atoms with E-state index in [1.165, 1.54) is 0 Å². The van der Waals surface area contributed by atoms with Crippen LogP contribution in [0.5, 0.6) is 5.75 Å². The second kappa shape index (κ2) is 6.95. The Labute approximate surface area is 134 Å². The van der Waals surface area contributed by atoms with Crippen LogP contribution in [0.25, 0.3) is 0 Å². The third-order valence-corrected chi connectivity index (χ3v) is 4.60. The molecule has 1 aromatic heterocycles. The molecule has 0 spiro atoms. The quantitative estimate of drug-likeness (QED) is 0.777. The molecule has 0 bridgehead atoms. The standard InChI is InChI=1S/C13H12BrCl2NOS/c1-17-5-8-2-10(15)4-12(16)13(8)18-6-11-3-9(14)7-19-11/h2-4,7,17H,5-6H2,1H3. The van der Waals surface area contributed by atoms with Crippen LogP contribution in [0, 0.1) is 0 Å². The van der Waals surface area contributed by atoms with E-state index >= 15 is 0 Å². The molecule has 1 N–H and O–H groups in total. The average Bonchev–Trinajstić information content (AvgIpc) is 2.74. The monoisotopic (exact) mass is 379 g/mol. The molecule has 2 aromatic rings. The smallest absolute Gasteiger partial charge is 0.143 e. The van der Waals surface area contributed by atoms with Gasteiger partial charge in [-0.1, -0.05) is 23.2 Å². The maximum Gasteiger partial charge on any atom is 0.143 e. The van der Waals surface area contributed by atoms with E-state index < -0.39 is 0 Å². The molecule has 1 heterocycles. The molecule has 19 heavy (non-hydrogen) atoms. The molecule has 6 heteroatoms. The number of rotatable bonds is 5. The molecule has 102 valence electrons. The Morgan fingerprint density at radius 2 is 2.11 bits per heavy atom. The van der Waals surface area contributed by atoms with Gasteiger partial charge in [-0.05, 0) is 41.2 Å². The number of thiophene rings is 1. The van der Waals surface area contributed by atoms with Crippen molar-refractivity contribution >= 4 is 50.5 Å². The summed E-state index contributed by atoms with van der Waals surface area (Å²) >= 11 is 17.3. The molecule has 0 unspecified atom stereocenters. The molecule has 2 rings (SSSR count). The van der Waals surface area contributed by atoms with E-state index in [0.29, 0.717) is 28.9 Å². The topological polar surface area (TPSA) is 21.3 Å². The molecule has 0 fully saturated rings. The lowest BCUT2D eigenvalue weighted by atomic mass is 10.2. The lowest BCUT2D eigenvalue weighted by Crippen LogP contribution is -2.08. The average molecular weight is 381 g/mol. The van der Waals surface area contributed by atoms with Gasteiger partial charge in [-0.25, -0.2) is 0 Å². The third kappa shape index (κ3) is 4.10. The Bertz CT molecular complexity index is 574. The molecule has 1 aromatic carbocycles. The molecule has 0 atom stereocenters. The van der Waals surface area contributed by atoms with E-state index in [9.17, 15) is 0 Å². The van der Waals surface area contributed by atoms with Gasteiger partial charge in [0.2, 0.25) is 0 Å². The van der Waals surface area contributed by atoms with Crippen LogP contribution in [0.15, 0.2) is 28.1 Å². The SMILES string of the molecule is CNCc1cc(Cl)cc(Cl)c1OCc1cc(Br)cs1. The van der Waals surface area contributed by atoms with E-state index in [-0.39, 0.29) is 0 Å². The number of nitrogens with one attached hydrogen (secondary N) is 1. The van der Waals surface area contributed by atoms with Crippen molar-refractivity contribution in [3.63, 3.8) is 0 Å². The van der Waals surface area contributed by atoms with Crippen molar-refractivity contribution in [2.75, 3.05) is 7.05 Å². The molecule has 0 amide bonds. The van der Waals surface area contributed by atoms with Crippen LogP contribution in [-0.4, -0.2) is 7.05 Å². The summed E-state index contributed by atoms with van der Waals surface area (Å²) in [6, 6.07) is 5.60. The Hall–Kier alpha value is -0.260. The first-order valence-corrected chi connectivity index (χ1v) is 8.01. The highest BCUT2D eigenvalue weighted by atomic mass is 79.9. The summed E-state index contributed by atoms with van der Waals surface area (Å²) in [6.45, 7) is 1.15. The van der Waals surface area contributed by atoms with Crippen LogP contribution < -0.4 is 10.1 Å². The summed E-state index contributed by atoms with van der Waals surface area (Å²) in [5.41, 5.74) is 0.954. The zero-order valence-corrected chi connectivity index (χ0v) is 14.1. The van der Waals surface area contributed by atoms with Crippen molar-refractivity contribution in [1.82, 2.24) is 5.32 Å². The van der Waals surface area contributed by atoms with Crippen molar-refractivity contribution in [3.05, 3.63) is 48.5 Å². The number of benzene rings is 1. The predicted octanol–water partition coefficient (Wildman–Crippen LogP) is 5.12. The molecule has 2 nitrogen and oxygen atoms in total. The fourth-order valence-corrected chi connectivity index (χ4v) is 3.62. The minimum Gasteiger partial charge on any atom is -0.486 e. The van der Waals surface area contributed by atoms with Crippen molar-refractivity contribution < 1.29 is 4.74 Å². The van der Waals surface area contributed by atoms with Crippen LogP contribution in [-0.2, 0) is 13.2 Å². The zero-order chi connectivity index (χ0) is 13.8. The van der Waals surface area contributed by atoms with Gasteiger partial charge in [0.25, 0.3) is 0 Å². The second-order valence-electron chi connectivity index (χ2n) is 3.93. The van der Waals surface area contributed by atoms with E-state index in [2.05, 4.69) is 21.2 Å². The molecule has 0 saturated heterocycles. The third-order valence-electron chi connectivity index (χ3n) is 2.43. The number of hydrogen-bond donors (Lipinski definition) is 1. The summed E-state index contributed by atoms with van der Waals surface area (Å²) in [6.07, 6.45) is 0. The number of hydrogen-bond acceptors (Lipinski definition) is 3. The summed E-state index contributed by atoms with van der Waals surface area (Å²) in [5, 5.41) is 6.25. The predicted molar refractivity (Wildman–Crippen MR) is 85.6 cm³/mol. The molecular formula is C13H12BrCl2NOS. The zero-order valence-electron chi connectivity index (χ0n) is 10.2. The lowest BCUT2D eigenvalue weighted by molar-refractivity contribution is 0.306. The highest BCUT2D eigenvalue weighted by Gasteiger charge is 2.11. The fraction of sp³-hybridized carbons (Fsp3) is 0.231. The second-order valence-corrected chi connectivity index (χ2v) is 6.68. The summed E-state index contributed by atoms with van der Waals surface area (Å²) < 4.78 is 6.90. The Morgan fingerprint density at radius 1 is 1.32 bits per heavy atom. The van der Waals surface area contributed by atoms with Gasteiger partial charge in [0.1, 0.15) is 12.4 Å². The maximum atomic E-state index is 6.20. The molecule has 0 aliphatic rings. The van der Waals surface area contributed by atoms with Gasteiger partial charge in [-0.2, -0.15) is 0 Å². The molecule has 0 radical (unpaired) electrons. The van der Waals surface area contributed by atoms with E-state index in [0.717, 1.165) is 14.9 Å². The van der Waals surface area contributed by atoms with Crippen LogP contribution in [0.3, 0.4) is 0 Å². The van der Waals surface area contributed by atoms with Crippen molar-refractivity contribution in [3.8, 4) is 5.75 Å². The van der Waals surface area contributed by atoms with Gasteiger partial charge in [0.05, 0.1) is 5.02 Å². The van der Waals surface area contributed by atoms with Crippen molar-refractivity contribution in [1.29, 1.82) is 0 Å². The summed E-state index contributed by atoms with van der Waals surface area (Å²) in [5.74, 6) is 0.685. The van der Waals surface area contributed by atoms with Crippen LogP contribution in [0.1, 0.15) is 10.4 Å². The highest BCUT2D eigenvalue weighted by Crippen LogP contribution is 2.33. The van der Waals surface area contributed by atoms with E-state index in [4.69, 9.17) is 27.9 Å². The molecule has 0 saturated carbocycles. The largest absolute Gasteiger partial charge is 0.486 e. The summed E-state index contributed by atoms with van der Waals surface area (Å²) in [7, 11) is 1.87. The Morgan fingerprint density at radius 3 is 2.74 bits per heavy atom. The fourth-order valence-electron chi connectivity index (χ4n) is 1.67. The van der Waals surface area contributed by atoms with Gasteiger partial charge >= 0.3 is 0 Å². The minimum atomic E-state index is 0.494. The molecule has 0 aliphatic heterocycles. The lowest BCUT2D eigenvalue weighted by Gasteiger charge is -2.13. The van der Waals surface area contributed by atoms with Gasteiger partial charge in [0, 0.05) is 31.9 Å². The highest BCUT2D eigenvalue weighted by molar-refractivity contribution is 9.10. The number of ether oxygens (including phenoxy) is 1. The molecule has 0 aliphatic carbocycles. The Balaban J connectivity index is 2.18. The van der Waals surface area contributed by atoms with Crippen molar-refractivity contribution in [2.24, 2.45) is 0 Å². The number of halogens is 3. The first-order valence-electron chi connectivity index (χ1n) is 5.58. The minimum absolute atomic E-state index is 0.494. The van der Waals surface area contributed by atoms with Gasteiger partial charge < -0.3 is 10.1 Å². The van der Waals surface area contributed by atoms with Crippen LogP contribution >= 0.6 is 50.5 Å². The first kappa shape index (κ1) is 15.1. The van der Waals surface area contributed by atoms with Crippen LogP contribution in [0.4, 0.5) is 0 Å². The summed E-state index contributed by atoms with van der Waals surface area (Å²) in [4.78, 5) is 1.13. The van der Waals surface area contributed by atoms with Crippen LogP contribution in [0.2, 0.25) is 10.0 Å².